The molecule has 0 unspecified atom stereocenters. The van der Waals surface area contributed by atoms with Gasteiger partial charge in [0, 0.05) is 31.0 Å². The highest BCUT2D eigenvalue weighted by molar-refractivity contribution is 8.00. The molecule has 1 amide bonds. The van der Waals surface area contributed by atoms with E-state index in [1.165, 1.54) is 11.8 Å². The lowest BCUT2D eigenvalue weighted by atomic mass is 10.1. The number of nitrogens with zero attached hydrogens (tertiary/aromatic N) is 5. The van der Waals surface area contributed by atoms with Gasteiger partial charge in [-0.1, -0.05) is 72.4 Å². The van der Waals surface area contributed by atoms with Crippen molar-refractivity contribution in [3.05, 3.63) is 96.3 Å². The molecular formula is C26H25N5OS. The predicted octanol–water partition coefficient (Wildman–Crippen LogP) is 4.84. The zero-order chi connectivity index (χ0) is 22.5. The number of carbonyl (C=O) groups is 1. The highest BCUT2D eigenvalue weighted by Crippen LogP contribution is 2.38. The van der Waals surface area contributed by atoms with E-state index in [1.807, 2.05) is 65.6 Å². The largest absolute Gasteiger partial charge is 0.341 e. The van der Waals surface area contributed by atoms with Gasteiger partial charge in [-0.25, -0.2) is 0 Å². The van der Waals surface area contributed by atoms with Gasteiger partial charge in [0.2, 0.25) is 5.91 Å². The maximum Gasteiger partial charge on any atom is 0.240 e. The third kappa shape index (κ3) is 4.83. The van der Waals surface area contributed by atoms with Crippen molar-refractivity contribution < 1.29 is 4.79 Å². The molecule has 0 spiro atoms. The van der Waals surface area contributed by atoms with Crippen molar-refractivity contribution in [1.29, 1.82) is 0 Å². The SMILES string of the molecule is O=C([C@@H](Sc1nnc(-c2cccnc2)n1Cc1ccccc1)c1ccccc1)N1CCCC1. The van der Waals surface area contributed by atoms with Crippen LogP contribution in [-0.2, 0) is 11.3 Å². The number of pyridine rings is 1. The second-order valence-corrected chi connectivity index (χ2v) is 9.13. The first-order chi connectivity index (χ1) is 16.3. The van der Waals surface area contributed by atoms with E-state index in [0.717, 1.165) is 53.6 Å². The number of benzene rings is 2. The van der Waals surface area contributed by atoms with E-state index < -0.39 is 0 Å². The number of aromatic nitrogens is 4. The Kier molecular flexibility index (Phi) is 6.48. The van der Waals surface area contributed by atoms with Crippen molar-refractivity contribution in [2.24, 2.45) is 0 Å². The first-order valence-corrected chi connectivity index (χ1v) is 12.1. The molecule has 2 aromatic heterocycles. The van der Waals surface area contributed by atoms with Crippen LogP contribution < -0.4 is 0 Å². The summed E-state index contributed by atoms with van der Waals surface area (Å²) in [5.41, 5.74) is 3.03. The Bertz CT molecular complexity index is 1190. The Morgan fingerprint density at radius 3 is 2.33 bits per heavy atom. The zero-order valence-corrected chi connectivity index (χ0v) is 19.1. The van der Waals surface area contributed by atoms with Gasteiger partial charge in [0.05, 0.1) is 6.54 Å². The summed E-state index contributed by atoms with van der Waals surface area (Å²) in [4.78, 5) is 19.8. The molecule has 1 aliphatic heterocycles. The van der Waals surface area contributed by atoms with Gasteiger partial charge >= 0.3 is 0 Å². The first kappa shape index (κ1) is 21.4. The van der Waals surface area contributed by atoms with Crippen molar-refractivity contribution in [3.63, 3.8) is 0 Å². The van der Waals surface area contributed by atoms with Crippen LogP contribution in [0.25, 0.3) is 11.4 Å². The molecule has 7 heteroatoms. The number of rotatable bonds is 7. The second kappa shape index (κ2) is 10.0. The van der Waals surface area contributed by atoms with E-state index in [0.29, 0.717) is 6.54 Å². The quantitative estimate of drug-likeness (QED) is 0.373. The fourth-order valence-electron chi connectivity index (χ4n) is 4.09. The summed E-state index contributed by atoms with van der Waals surface area (Å²) in [7, 11) is 0. The molecule has 0 saturated carbocycles. The monoisotopic (exact) mass is 455 g/mol. The lowest BCUT2D eigenvalue weighted by Gasteiger charge is -2.23. The lowest BCUT2D eigenvalue weighted by molar-refractivity contribution is -0.129. The molecule has 0 radical (unpaired) electrons. The maximum absolute atomic E-state index is 13.5. The van der Waals surface area contributed by atoms with Crippen LogP contribution in [0.4, 0.5) is 0 Å². The molecule has 1 aliphatic rings. The second-order valence-electron chi connectivity index (χ2n) is 8.06. The van der Waals surface area contributed by atoms with Crippen LogP contribution in [0, 0.1) is 0 Å². The summed E-state index contributed by atoms with van der Waals surface area (Å²) in [6.07, 6.45) is 5.67. The summed E-state index contributed by atoms with van der Waals surface area (Å²) in [6.45, 7) is 2.25. The number of hydrogen-bond acceptors (Lipinski definition) is 5. The lowest BCUT2D eigenvalue weighted by Crippen LogP contribution is -2.31. The number of thioether (sulfide) groups is 1. The van der Waals surface area contributed by atoms with Gasteiger partial charge in [-0.3, -0.25) is 14.3 Å². The summed E-state index contributed by atoms with van der Waals surface area (Å²) < 4.78 is 2.09. The molecule has 33 heavy (non-hydrogen) atoms. The molecule has 2 aromatic carbocycles. The van der Waals surface area contributed by atoms with E-state index in [9.17, 15) is 4.79 Å². The van der Waals surface area contributed by atoms with E-state index >= 15 is 0 Å². The Hall–Kier alpha value is -3.45. The van der Waals surface area contributed by atoms with Crippen molar-refractivity contribution in [3.8, 4) is 11.4 Å². The van der Waals surface area contributed by atoms with Crippen molar-refractivity contribution in [2.45, 2.75) is 29.8 Å². The Labute approximate surface area is 197 Å². The molecule has 0 N–H and O–H groups in total. The van der Waals surface area contributed by atoms with Gasteiger partial charge < -0.3 is 4.90 Å². The average Bonchev–Trinajstić information content (AvgIpc) is 3.55. The standard InChI is InChI=1S/C26H25N5OS/c32-25(30-16-7-8-17-30)23(21-12-5-2-6-13-21)33-26-29-28-24(22-14-9-15-27-18-22)31(26)19-20-10-3-1-4-11-20/h1-6,9-15,18,23H,7-8,16-17,19H2/t23-/m0/s1. The van der Waals surface area contributed by atoms with Crippen LogP contribution in [0.1, 0.15) is 29.2 Å². The van der Waals surface area contributed by atoms with E-state index in [1.54, 1.807) is 12.4 Å². The normalized spacial score (nSPS) is 14.4. The molecule has 5 rings (SSSR count). The van der Waals surface area contributed by atoms with Crippen LogP contribution >= 0.6 is 11.8 Å². The highest BCUT2D eigenvalue weighted by atomic mass is 32.2. The predicted molar refractivity (Wildman–Crippen MR) is 130 cm³/mol. The molecule has 0 aliphatic carbocycles. The number of hydrogen-bond donors (Lipinski definition) is 0. The Balaban J connectivity index is 1.53. The molecule has 4 aromatic rings. The van der Waals surface area contributed by atoms with Crippen LogP contribution in [0.15, 0.2) is 90.3 Å². The highest BCUT2D eigenvalue weighted by Gasteiger charge is 2.31. The fourth-order valence-corrected chi connectivity index (χ4v) is 5.21. The van der Waals surface area contributed by atoms with Gasteiger partial charge in [0.1, 0.15) is 5.25 Å². The minimum atomic E-state index is -0.371. The summed E-state index contributed by atoms with van der Waals surface area (Å²) in [5.74, 6) is 0.885. The van der Waals surface area contributed by atoms with Gasteiger partial charge in [-0.2, -0.15) is 0 Å². The Morgan fingerprint density at radius 1 is 0.909 bits per heavy atom. The molecule has 166 valence electrons. The van der Waals surface area contributed by atoms with Crippen molar-refractivity contribution in [2.75, 3.05) is 13.1 Å². The average molecular weight is 456 g/mol. The fraction of sp³-hybridized carbons (Fsp3) is 0.231. The zero-order valence-electron chi connectivity index (χ0n) is 18.2. The molecule has 0 bridgehead atoms. The molecule has 3 heterocycles. The summed E-state index contributed by atoms with van der Waals surface area (Å²) in [5, 5.41) is 9.40. The van der Waals surface area contributed by atoms with Crippen LogP contribution in [0.2, 0.25) is 0 Å². The minimum Gasteiger partial charge on any atom is -0.341 e. The molecule has 6 nitrogen and oxygen atoms in total. The van der Waals surface area contributed by atoms with E-state index in [2.05, 4.69) is 31.9 Å². The maximum atomic E-state index is 13.5. The first-order valence-electron chi connectivity index (χ1n) is 11.2. The van der Waals surface area contributed by atoms with E-state index in [4.69, 9.17) is 0 Å². The molecule has 1 fully saturated rings. The number of amides is 1. The smallest absolute Gasteiger partial charge is 0.240 e. The van der Waals surface area contributed by atoms with Crippen molar-refractivity contribution in [1.82, 2.24) is 24.6 Å². The van der Waals surface area contributed by atoms with E-state index in [-0.39, 0.29) is 11.2 Å². The molecule has 1 saturated heterocycles. The van der Waals surface area contributed by atoms with Gasteiger partial charge in [0.15, 0.2) is 11.0 Å². The van der Waals surface area contributed by atoms with Gasteiger partial charge in [-0.15, -0.1) is 10.2 Å². The van der Waals surface area contributed by atoms with Crippen molar-refractivity contribution >= 4 is 17.7 Å². The summed E-state index contributed by atoms with van der Waals surface area (Å²) >= 11 is 1.48. The summed E-state index contributed by atoms with van der Waals surface area (Å²) in [6, 6.07) is 24.1. The van der Waals surface area contributed by atoms with Crippen LogP contribution in [-0.4, -0.2) is 43.6 Å². The molecular weight excluding hydrogens is 430 g/mol. The van der Waals surface area contributed by atoms with Crippen LogP contribution in [0.3, 0.4) is 0 Å². The van der Waals surface area contributed by atoms with Crippen LogP contribution in [0.5, 0.6) is 0 Å². The number of likely N-dealkylation sites (tertiary alicyclic amines) is 1. The third-order valence-corrected chi connectivity index (χ3v) is 7.01. The van der Waals surface area contributed by atoms with Gasteiger partial charge in [0.25, 0.3) is 0 Å². The topological polar surface area (TPSA) is 63.9 Å². The number of carbonyl (C=O) groups excluding carboxylic acids is 1. The Morgan fingerprint density at radius 2 is 1.64 bits per heavy atom. The minimum absolute atomic E-state index is 0.140. The molecule has 1 atom stereocenters. The third-order valence-electron chi connectivity index (χ3n) is 5.79. The van der Waals surface area contributed by atoms with Gasteiger partial charge in [-0.05, 0) is 36.1 Å².